The highest BCUT2D eigenvalue weighted by molar-refractivity contribution is 5.97. The molecule has 0 saturated heterocycles. The molecule has 1 heterocycles. The van der Waals surface area contributed by atoms with Crippen molar-refractivity contribution in [2.45, 2.75) is 6.92 Å². The molecule has 0 bridgehead atoms. The van der Waals surface area contributed by atoms with E-state index in [0.717, 1.165) is 0 Å². The van der Waals surface area contributed by atoms with Gasteiger partial charge in [0, 0.05) is 25.2 Å². The van der Waals surface area contributed by atoms with Crippen LogP contribution in [0.15, 0.2) is 48.5 Å². The van der Waals surface area contributed by atoms with Crippen LogP contribution in [0.2, 0.25) is 0 Å². The number of amides is 1. The predicted molar refractivity (Wildman–Crippen MR) is 111 cm³/mol. The van der Waals surface area contributed by atoms with Gasteiger partial charge in [0.2, 0.25) is 0 Å². The molecule has 0 aliphatic heterocycles. The Hall–Kier alpha value is -4.01. The van der Waals surface area contributed by atoms with Crippen LogP contribution in [0.5, 0.6) is 23.3 Å². The minimum atomic E-state index is -1.01. The number of pyridine rings is 1. The zero-order chi connectivity index (χ0) is 22.7. The Morgan fingerprint density at radius 2 is 1.68 bits per heavy atom. The Morgan fingerprint density at radius 1 is 1.03 bits per heavy atom. The minimum Gasteiger partial charge on any atom is -0.436 e. The Kier molecular flexibility index (Phi) is 6.15. The van der Waals surface area contributed by atoms with Crippen LogP contribution < -0.4 is 15.2 Å². The van der Waals surface area contributed by atoms with Crippen LogP contribution in [0.1, 0.15) is 21.5 Å². The van der Waals surface area contributed by atoms with Crippen molar-refractivity contribution in [2.75, 3.05) is 14.1 Å². The molecule has 1 aromatic heterocycles. The smallest absolute Gasteiger partial charge is 0.259 e. The van der Waals surface area contributed by atoms with E-state index in [1.807, 2.05) is 0 Å². The van der Waals surface area contributed by atoms with E-state index in [2.05, 4.69) is 4.98 Å². The van der Waals surface area contributed by atoms with Crippen LogP contribution in [0.4, 0.5) is 8.78 Å². The number of nitrogens with one attached hydrogen (secondary N) is 1. The number of carbonyl (C=O) groups is 1. The molecule has 0 spiro atoms. The first kappa shape index (κ1) is 21.7. The third-order valence-corrected chi connectivity index (χ3v) is 4.32. The van der Waals surface area contributed by atoms with Gasteiger partial charge in [-0.1, -0.05) is 18.2 Å². The fourth-order valence-electron chi connectivity index (χ4n) is 2.69. The maximum atomic E-state index is 14.6. The number of halogens is 2. The van der Waals surface area contributed by atoms with Crippen LogP contribution in [0.3, 0.4) is 0 Å². The van der Waals surface area contributed by atoms with Gasteiger partial charge in [0.05, 0.1) is 5.56 Å². The standard InChI is InChI=1S/C22H20F2N4O3/c1-12-17(23)20(30-14-8-6-7-13(11-14)22(29)28(2)3)27-21(18(12)24)31-16-10-5-4-9-15(16)19(25)26/h4-11H,1-3H3,(H3,25,26). The van der Waals surface area contributed by atoms with E-state index in [1.165, 1.54) is 36.1 Å². The van der Waals surface area contributed by atoms with Crippen molar-refractivity contribution in [3.8, 4) is 23.3 Å². The third-order valence-electron chi connectivity index (χ3n) is 4.32. The van der Waals surface area contributed by atoms with Crippen LogP contribution in [0.25, 0.3) is 0 Å². The lowest BCUT2D eigenvalue weighted by Crippen LogP contribution is -2.21. The Labute approximate surface area is 177 Å². The number of carbonyl (C=O) groups excluding carboxylic acids is 1. The Morgan fingerprint density at radius 3 is 2.32 bits per heavy atom. The first-order chi connectivity index (χ1) is 14.7. The zero-order valence-corrected chi connectivity index (χ0v) is 17.1. The van der Waals surface area contributed by atoms with Gasteiger partial charge in [0.1, 0.15) is 17.3 Å². The van der Waals surface area contributed by atoms with Crippen LogP contribution in [-0.2, 0) is 0 Å². The number of benzene rings is 2. The van der Waals surface area contributed by atoms with Crippen molar-refractivity contribution in [3.05, 3.63) is 76.9 Å². The first-order valence-electron chi connectivity index (χ1n) is 9.15. The molecule has 0 radical (unpaired) electrons. The second-order valence-electron chi connectivity index (χ2n) is 6.82. The molecule has 31 heavy (non-hydrogen) atoms. The van der Waals surface area contributed by atoms with Crippen LogP contribution in [0, 0.1) is 24.0 Å². The van der Waals surface area contributed by atoms with Gasteiger partial charge < -0.3 is 20.1 Å². The number of aromatic nitrogens is 1. The number of hydrogen-bond acceptors (Lipinski definition) is 5. The summed E-state index contributed by atoms with van der Waals surface area (Å²) in [5.74, 6) is -3.41. The molecule has 3 rings (SSSR count). The molecule has 9 heteroatoms. The predicted octanol–water partition coefficient (Wildman–Crippen LogP) is 4.24. The highest BCUT2D eigenvalue weighted by Gasteiger charge is 2.22. The van der Waals surface area contributed by atoms with E-state index in [4.69, 9.17) is 20.6 Å². The van der Waals surface area contributed by atoms with Gasteiger partial charge in [-0.25, -0.2) is 8.78 Å². The van der Waals surface area contributed by atoms with E-state index in [1.54, 1.807) is 38.4 Å². The lowest BCUT2D eigenvalue weighted by molar-refractivity contribution is 0.0827. The number of ether oxygens (including phenoxy) is 2. The van der Waals surface area contributed by atoms with Gasteiger partial charge in [-0.15, -0.1) is 0 Å². The van der Waals surface area contributed by atoms with Crippen molar-refractivity contribution < 1.29 is 23.0 Å². The van der Waals surface area contributed by atoms with Crippen LogP contribution in [-0.4, -0.2) is 35.7 Å². The number of hydrogen-bond donors (Lipinski definition) is 2. The molecule has 0 saturated carbocycles. The van der Waals surface area contributed by atoms with Crippen molar-refractivity contribution >= 4 is 11.7 Å². The van der Waals surface area contributed by atoms with Gasteiger partial charge in [0.25, 0.3) is 17.7 Å². The molecule has 0 aliphatic carbocycles. The number of nitrogens with zero attached hydrogens (tertiary/aromatic N) is 2. The SMILES string of the molecule is Cc1c(F)c(Oc2cccc(C(=O)N(C)C)c2)nc(Oc2ccccc2C(=N)N)c1F. The van der Waals surface area contributed by atoms with Gasteiger partial charge >= 0.3 is 0 Å². The second-order valence-corrected chi connectivity index (χ2v) is 6.82. The molecule has 1 amide bonds. The summed E-state index contributed by atoms with van der Waals surface area (Å²) in [6.07, 6.45) is 0. The summed E-state index contributed by atoms with van der Waals surface area (Å²) in [5.41, 5.74) is 5.72. The summed E-state index contributed by atoms with van der Waals surface area (Å²) < 4.78 is 40.3. The Bertz CT molecular complexity index is 1170. The minimum absolute atomic E-state index is 0.0805. The number of nitrogens with two attached hydrogens (primary N) is 1. The molecule has 2 aromatic carbocycles. The van der Waals surface area contributed by atoms with E-state index >= 15 is 0 Å². The zero-order valence-electron chi connectivity index (χ0n) is 17.1. The fraction of sp³-hybridized carbons (Fsp3) is 0.136. The molecular weight excluding hydrogens is 406 g/mol. The number of rotatable bonds is 6. The van der Waals surface area contributed by atoms with Crippen molar-refractivity contribution in [3.63, 3.8) is 0 Å². The van der Waals surface area contributed by atoms with Gasteiger partial charge in [-0.3, -0.25) is 10.2 Å². The van der Waals surface area contributed by atoms with Gasteiger partial charge in [-0.05, 0) is 37.3 Å². The largest absolute Gasteiger partial charge is 0.436 e. The summed E-state index contributed by atoms with van der Waals surface area (Å²) in [6, 6.07) is 12.3. The number of para-hydroxylation sites is 1. The second kappa shape index (κ2) is 8.78. The number of nitrogen functional groups attached to an aromatic ring is 1. The monoisotopic (exact) mass is 426 g/mol. The highest BCUT2D eigenvalue weighted by Crippen LogP contribution is 2.33. The topological polar surface area (TPSA) is 102 Å². The normalized spacial score (nSPS) is 10.5. The van der Waals surface area contributed by atoms with Gasteiger partial charge in [-0.2, -0.15) is 4.98 Å². The first-order valence-corrected chi connectivity index (χ1v) is 9.15. The Balaban J connectivity index is 1.99. The summed E-state index contributed by atoms with van der Waals surface area (Å²) in [4.78, 5) is 17.4. The summed E-state index contributed by atoms with van der Waals surface area (Å²) in [6.45, 7) is 1.22. The summed E-state index contributed by atoms with van der Waals surface area (Å²) >= 11 is 0. The third kappa shape index (κ3) is 4.61. The van der Waals surface area contributed by atoms with Crippen molar-refractivity contribution in [1.29, 1.82) is 5.41 Å². The molecule has 0 aliphatic rings. The maximum Gasteiger partial charge on any atom is 0.259 e. The molecule has 0 atom stereocenters. The molecule has 0 unspecified atom stereocenters. The van der Waals surface area contributed by atoms with Crippen molar-refractivity contribution in [1.82, 2.24) is 9.88 Å². The average molecular weight is 426 g/mol. The molecule has 160 valence electrons. The lowest BCUT2D eigenvalue weighted by atomic mass is 10.2. The lowest BCUT2D eigenvalue weighted by Gasteiger charge is -2.14. The van der Waals surface area contributed by atoms with Gasteiger partial charge in [0.15, 0.2) is 11.6 Å². The van der Waals surface area contributed by atoms with E-state index in [-0.39, 0.29) is 34.4 Å². The quantitative estimate of drug-likeness (QED) is 0.454. The molecule has 0 fully saturated rings. The van der Waals surface area contributed by atoms with Crippen molar-refractivity contribution in [2.24, 2.45) is 5.73 Å². The van der Waals surface area contributed by atoms with Crippen LogP contribution >= 0.6 is 0 Å². The number of amidine groups is 1. The van der Waals surface area contributed by atoms with E-state index in [0.29, 0.717) is 5.56 Å². The fourth-order valence-corrected chi connectivity index (χ4v) is 2.69. The molecule has 3 N–H and O–H groups in total. The van der Waals surface area contributed by atoms with E-state index < -0.39 is 23.4 Å². The maximum absolute atomic E-state index is 14.6. The molecular formula is C22H20F2N4O3. The summed E-state index contributed by atoms with van der Waals surface area (Å²) in [5, 5.41) is 7.62. The molecule has 3 aromatic rings. The highest BCUT2D eigenvalue weighted by atomic mass is 19.1. The van der Waals surface area contributed by atoms with E-state index in [9.17, 15) is 13.6 Å². The average Bonchev–Trinajstić information content (AvgIpc) is 2.75. The summed E-state index contributed by atoms with van der Waals surface area (Å²) in [7, 11) is 3.20. The molecule has 7 nitrogen and oxygen atoms in total.